The lowest BCUT2D eigenvalue weighted by Gasteiger charge is -2.31. The fraction of sp³-hybridized carbons (Fsp3) is 0.609. The Labute approximate surface area is 173 Å². The van der Waals surface area contributed by atoms with E-state index in [1.807, 2.05) is 18.2 Å². The van der Waals surface area contributed by atoms with Crippen molar-refractivity contribution in [2.24, 2.45) is 5.92 Å². The smallest absolute Gasteiger partial charge is 0.251 e. The quantitative estimate of drug-likeness (QED) is 0.724. The van der Waals surface area contributed by atoms with Gasteiger partial charge in [-0.25, -0.2) is 0 Å². The molecule has 6 nitrogen and oxygen atoms in total. The van der Waals surface area contributed by atoms with Crippen LogP contribution in [0, 0.1) is 17.2 Å². The molecule has 1 aliphatic heterocycles. The molecule has 2 fully saturated rings. The standard InChI is InChI=1S/C23H32N4O2/c1-2-27-15-11-18(12-16-27)17-7-9-19(10-8-17)22(28)26-21-6-4-3-5-20(21)23(29)25-14-13-24/h7-10,18,20-21H,2-6,11-12,14-16H2,1H3,(H,25,29)(H,26,28)/t20-,21+/m1/s1. The summed E-state index contributed by atoms with van der Waals surface area (Å²) in [5, 5.41) is 14.4. The Morgan fingerprint density at radius 2 is 1.79 bits per heavy atom. The zero-order valence-electron chi connectivity index (χ0n) is 17.3. The van der Waals surface area contributed by atoms with Gasteiger partial charge in [-0.2, -0.15) is 5.26 Å². The molecule has 3 rings (SSSR count). The first-order chi connectivity index (χ1) is 14.1. The number of nitrogens with zero attached hydrogens (tertiary/aromatic N) is 2. The minimum atomic E-state index is -0.260. The fourth-order valence-electron chi connectivity index (χ4n) is 4.62. The molecule has 0 radical (unpaired) electrons. The maximum absolute atomic E-state index is 12.8. The van der Waals surface area contributed by atoms with E-state index in [9.17, 15) is 9.59 Å². The van der Waals surface area contributed by atoms with Crippen molar-refractivity contribution in [3.63, 3.8) is 0 Å². The highest BCUT2D eigenvalue weighted by atomic mass is 16.2. The van der Waals surface area contributed by atoms with E-state index < -0.39 is 0 Å². The van der Waals surface area contributed by atoms with E-state index in [1.54, 1.807) is 0 Å². The Balaban J connectivity index is 1.58. The molecule has 1 aromatic rings. The van der Waals surface area contributed by atoms with Crippen molar-refractivity contribution in [1.29, 1.82) is 5.26 Å². The van der Waals surface area contributed by atoms with Crippen LogP contribution in [0.25, 0.3) is 0 Å². The summed E-state index contributed by atoms with van der Waals surface area (Å²) < 4.78 is 0. The van der Waals surface area contributed by atoms with E-state index >= 15 is 0 Å². The third kappa shape index (κ3) is 5.57. The molecule has 156 valence electrons. The number of likely N-dealkylation sites (tertiary alicyclic amines) is 1. The first-order valence-electron chi connectivity index (χ1n) is 10.9. The van der Waals surface area contributed by atoms with Crippen LogP contribution < -0.4 is 10.6 Å². The number of amides is 2. The summed E-state index contributed by atoms with van der Waals surface area (Å²) in [7, 11) is 0. The number of hydrogen-bond donors (Lipinski definition) is 2. The van der Waals surface area contributed by atoms with Crippen molar-refractivity contribution in [2.45, 2.75) is 57.4 Å². The summed E-state index contributed by atoms with van der Waals surface area (Å²) in [6.45, 7) is 5.61. The Hall–Kier alpha value is -2.39. The van der Waals surface area contributed by atoms with Gasteiger partial charge in [0.25, 0.3) is 5.91 Å². The molecule has 1 saturated heterocycles. The number of piperidine rings is 1. The second-order valence-corrected chi connectivity index (χ2v) is 8.18. The first-order valence-corrected chi connectivity index (χ1v) is 10.9. The second-order valence-electron chi connectivity index (χ2n) is 8.18. The number of rotatable bonds is 6. The third-order valence-corrected chi connectivity index (χ3v) is 6.44. The monoisotopic (exact) mass is 396 g/mol. The van der Waals surface area contributed by atoms with Crippen LogP contribution >= 0.6 is 0 Å². The molecular weight excluding hydrogens is 364 g/mol. The maximum Gasteiger partial charge on any atom is 0.251 e. The van der Waals surface area contributed by atoms with Crippen molar-refractivity contribution in [3.05, 3.63) is 35.4 Å². The van der Waals surface area contributed by atoms with E-state index in [0.717, 1.165) is 45.3 Å². The van der Waals surface area contributed by atoms with Gasteiger partial charge in [-0.05, 0) is 68.9 Å². The van der Waals surface area contributed by atoms with Gasteiger partial charge in [0, 0.05) is 11.6 Å². The van der Waals surface area contributed by atoms with Crippen molar-refractivity contribution in [1.82, 2.24) is 15.5 Å². The van der Waals surface area contributed by atoms with Crippen LogP contribution in [0.5, 0.6) is 0 Å². The minimum absolute atomic E-state index is 0.00858. The lowest BCUT2D eigenvalue weighted by molar-refractivity contribution is -0.126. The largest absolute Gasteiger partial charge is 0.349 e. The maximum atomic E-state index is 12.8. The van der Waals surface area contributed by atoms with E-state index in [4.69, 9.17) is 5.26 Å². The molecule has 1 aromatic carbocycles. The molecule has 2 amide bonds. The van der Waals surface area contributed by atoms with Crippen molar-refractivity contribution in [3.8, 4) is 6.07 Å². The summed E-state index contributed by atoms with van der Waals surface area (Å²) in [5.41, 5.74) is 1.95. The van der Waals surface area contributed by atoms with Gasteiger partial charge in [-0.3, -0.25) is 9.59 Å². The number of benzene rings is 1. The fourth-order valence-corrected chi connectivity index (χ4v) is 4.62. The highest BCUT2D eigenvalue weighted by molar-refractivity contribution is 5.95. The lowest BCUT2D eigenvalue weighted by atomic mass is 9.83. The van der Waals surface area contributed by atoms with E-state index in [-0.39, 0.29) is 30.3 Å². The highest BCUT2D eigenvalue weighted by Crippen LogP contribution is 2.28. The lowest BCUT2D eigenvalue weighted by Crippen LogP contribution is -2.48. The molecule has 2 N–H and O–H groups in total. The van der Waals surface area contributed by atoms with E-state index in [0.29, 0.717) is 11.5 Å². The molecule has 0 bridgehead atoms. The Kier molecular flexibility index (Phi) is 7.65. The highest BCUT2D eigenvalue weighted by Gasteiger charge is 2.32. The molecule has 1 saturated carbocycles. The predicted molar refractivity (Wildman–Crippen MR) is 112 cm³/mol. The molecule has 0 spiro atoms. The zero-order chi connectivity index (χ0) is 20.6. The van der Waals surface area contributed by atoms with Crippen LogP contribution in [-0.2, 0) is 4.79 Å². The molecule has 1 aliphatic carbocycles. The van der Waals surface area contributed by atoms with Gasteiger partial charge >= 0.3 is 0 Å². The van der Waals surface area contributed by atoms with Gasteiger partial charge in [0.1, 0.15) is 6.54 Å². The normalized spacial score (nSPS) is 23.2. The number of nitrogens with one attached hydrogen (secondary N) is 2. The summed E-state index contributed by atoms with van der Waals surface area (Å²) in [6, 6.07) is 9.74. The SMILES string of the molecule is CCN1CCC(c2ccc(C(=O)N[C@H]3CCCC[C@H]3C(=O)NCC#N)cc2)CC1. The van der Waals surface area contributed by atoms with Crippen molar-refractivity contribution < 1.29 is 9.59 Å². The number of carbonyl (C=O) groups is 2. The van der Waals surface area contributed by atoms with Crippen LogP contribution in [-0.4, -0.2) is 48.9 Å². The van der Waals surface area contributed by atoms with Gasteiger partial charge in [0.15, 0.2) is 0 Å². The number of nitriles is 1. The molecule has 2 atom stereocenters. The number of hydrogen-bond acceptors (Lipinski definition) is 4. The third-order valence-electron chi connectivity index (χ3n) is 6.44. The topological polar surface area (TPSA) is 85.2 Å². The summed E-state index contributed by atoms with van der Waals surface area (Å²) in [6.07, 6.45) is 5.86. The van der Waals surface area contributed by atoms with Crippen LogP contribution in [0.4, 0.5) is 0 Å². The Bertz CT molecular complexity index is 732. The van der Waals surface area contributed by atoms with Crippen LogP contribution in [0.3, 0.4) is 0 Å². The predicted octanol–water partition coefficient (Wildman–Crippen LogP) is 2.81. The second kappa shape index (κ2) is 10.4. The van der Waals surface area contributed by atoms with E-state index in [1.165, 1.54) is 18.4 Å². The van der Waals surface area contributed by atoms with Crippen molar-refractivity contribution >= 4 is 11.8 Å². The van der Waals surface area contributed by atoms with Gasteiger partial charge in [-0.1, -0.05) is 31.9 Å². The zero-order valence-corrected chi connectivity index (χ0v) is 17.3. The number of carbonyl (C=O) groups excluding carboxylic acids is 2. The average molecular weight is 397 g/mol. The van der Waals surface area contributed by atoms with Gasteiger partial charge < -0.3 is 15.5 Å². The molecule has 6 heteroatoms. The molecule has 29 heavy (non-hydrogen) atoms. The average Bonchev–Trinajstić information content (AvgIpc) is 2.78. The summed E-state index contributed by atoms with van der Waals surface area (Å²) in [5.74, 6) is 0.0539. The molecule has 2 aliphatic rings. The Morgan fingerprint density at radius 3 is 2.45 bits per heavy atom. The first kappa shape index (κ1) is 21.3. The van der Waals surface area contributed by atoms with Crippen LogP contribution in [0.1, 0.15) is 67.3 Å². The van der Waals surface area contributed by atoms with Gasteiger partial charge in [0.05, 0.1) is 12.0 Å². The summed E-state index contributed by atoms with van der Waals surface area (Å²) in [4.78, 5) is 27.6. The summed E-state index contributed by atoms with van der Waals surface area (Å²) >= 11 is 0. The molecule has 0 unspecified atom stereocenters. The van der Waals surface area contributed by atoms with E-state index in [2.05, 4.69) is 34.6 Å². The van der Waals surface area contributed by atoms with Crippen molar-refractivity contribution in [2.75, 3.05) is 26.2 Å². The molecule has 1 heterocycles. The van der Waals surface area contributed by atoms with Gasteiger partial charge in [-0.15, -0.1) is 0 Å². The Morgan fingerprint density at radius 1 is 1.10 bits per heavy atom. The molecular formula is C23H32N4O2. The van der Waals surface area contributed by atoms with Crippen LogP contribution in [0.2, 0.25) is 0 Å². The van der Waals surface area contributed by atoms with Crippen LogP contribution in [0.15, 0.2) is 24.3 Å². The molecule has 0 aromatic heterocycles. The minimum Gasteiger partial charge on any atom is -0.349 e. The van der Waals surface area contributed by atoms with Gasteiger partial charge in [0.2, 0.25) is 5.91 Å².